The molecule has 184 valence electrons. The van der Waals surface area contributed by atoms with Crippen molar-refractivity contribution in [2.24, 2.45) is 0 Å². The second-order valence-corrected chi connectivity index (χ2v) is 8.67. The van der Waals surface area contributed by atoms with Crippen molar-refractivity contribution in [1.29, 1.82) is 0 Å². The van der Waals surface area contributed by atoms with Crippen LogP contribution in [0.1, 0.15) is 37.7 Å². The summed E-state index contributed by atoms with van der Waals surface area (Å²) in [6.07, 6.45) is 0. The summed E-state index contributed by atoms with van der Waals surface area (Å²) in [6.45, 7) is 5.80. The summed E-state index contributed by atoms with van der Waals surface area (Å²) in [5.41, 5.74) is 7.03. The minimum atomic E-state index is -0.571. The Kier molecular flexibility index (Phi) is 6.78. The van der Waals surface area contributed by atoms with Gasteiger partial charge in [0.1, 0.15) is 0 Å². The fourth-order valence-electron chi connectivity index (χ4n) is 4.40. The van der Waals surface area contributed by atoms with Crippen LogP contribution >= 0.6 is 0 Å². The van der Waals surface area contributed by atoms with Gasteiger partial charge in [-0.15, -0.1) is 0 Å². The van der Waals surface area contributed by atoms with Gasteiger partial charge in [-0.25, -0.2) is 9.71 Å². The number of hydrogen-bond donors (Lipinski definition) is 4. The van der Waals surface area contributed by atoms with Crippen LogP contribution in [0, 0.1) is 26.0 Å². The van der Waals surface area contributed by atoms with Crippen LogP contribution in [0.15, 0.2) is 60.7 Å². The Hall–Kier alpha value is -4.59. The molecule has 1 heterocycles. The molecule has 1 aromatic heterocycles. The number of aromatic nitrogens is 2. The van der Waals surface area contributed by atoms with E-state index in [1.807, 2.05) is 31.3 Å². The number of amides is 2. The number of carbonyl (C=O) groups is 2. The second-order valence-electron chi connectivity index (χ2n) is 8.67. The lowest BCUT2D eigenvalue weighted by atomic mass is 9.94. The highest BCUT2D eigenvalue weighted by molar-refractivity contribution is 6.04. The average Bonchev–Trinajstić information content (AvgIpc) is 3.17. The quantitative estimate of drug-likeness (QED) is 0.238. The molecular formula is C28H29N5O3. The van der Waals surface area contributed by atoms with Crippen molar-refractivity contribution in [2.75, 3.05) is 24.7 Å². The molecule has 0 aliphatic rings. The standard InChI is InChI=1S/C28H29N5O3/c1-16-8-6-9-17(2)24(16)20-12-21(15-23(14-20)29-4)26-31-18(3)25(33(26)36)28(35)32-22-11-7-10-19(13-22)27(34)30-5/h6-15,29,31H,1-5H3,(H,30,34)(H,32,35). The number of H-pyrrole nitrogens is 1. The number of rotatable bonds is 6. The molecule has 2 amide bonds. The first-order chi connectivity index (χ1) is 17.2. The molecule has 0 unspecified atom stereocenters. The molecule has 36 heavy (non-hydrogen) atoms. The van der Waals surface area contributed by atoms with Crippen LogP contribution in [0.4, 0.5) is 11.4 Å². The molecule has 0 aliphatic carbocycles. The third-order valence-corrected chi connectivity index (χ3v) is 6.16. The normalized spacial score (nSPS) is 10.7. The van der Waals surface area contributed by atoms with E-state index in [9.17, 15) is 14.8 Å². The number of aryl methyl sites for hydroxylation is 3. The lowest BCUT2D eigenvalue weighted by molar-refractivity contribution is -0.594. The molecule has 8 heteroatoms. The highest BCUT2D eigenvalue weighted by Crippen LogP contribution is 2.33. The molecular weight excluding hydrogens is 454 g/mol. The number of nitrogens with zero attached hydrogens (tertiary/aromatic N) is 1. The summed E-state index contributed by atoms with van der Waals surface area (Å²) >= 11 is 0. The molecule has 8 nitrogen and oxygen atoms in total. The van der Waals surface area contributed by atoms with Gasteiger partial charge >= 0.3 is 0 Å². The molecule has 0 radical (unpaired) electrons. The lowest BCUT2D eigenvalue weighted by Crippen LogP contribution is -2.36. The second kappa shape index (κ2) is 9.95. The molecule has 0 saturated heterocycles. The summed E-state index contributed by atoms with van der Waals surface area (Å²) in [5.74, 6) is -0.575. The number of benzene rings is 3. The Morgan fingerprint density at radius 3 is 2.17 bits per heavy atom. The Morgan fingerprint density at radius 2 is 1.50 bits per heavy atom. The SMILES string of the molecule is CNC(=O)c1cccc(NC(=O)c2c(C)[nH]c(-c3cc(NC)cc(-c4c(C)cccc4C)c3)[n+]2[O-])c1. The first kappa shape index (κ1) is 24.5. The van der Waals surface area contributed by atoms with Crippen molar-refractivity contribution >= 4 is 23.2 Å². The zero-order chi connectivity index (χ0) is 26.0. The Balaban J connectivity index is 1.73. The van der Waals surface area contributed by atoms with Crippen LogP contribution < -0.4 is 20.7 Å². The number of aromatic amines is 1. The summed E-state index contributed by atoms with van der Waals surface area (Å²) in [5, 5.41) is 21.8. The Bertz CT molecular complexity index is 1450. The van der Waals surface area contributed by atoms with Crippen molar-refractivity contribution in [3.63, 3.8) is 0 Å². The summed E-state index contributed by atoms with van der Waals surface area (Å²) in [6, 6.07) is 18.5. The van der Waals surface area contributed by atoms with Gasteiger partial charge in [0, 0.05) is 38.0 Å². The van der Waals surface area contributed by atoms with E-state index < -0.39 is 5.91 Å². The first-order valence-corrected chi connectivity index (χ1v) is 11.6. The van der Waals surface area contributed by atoms with Gasteiger partial charge in [-0.3, -0.25) is 9.59 Å². The van der Waals surface area contributed by atoms with Crippen molar-refractivity contribution in [1.82, 2.24) is 10.3 Å². The van der Waals surface area contributed by atoms with Gasteiger partial charge in [-0.2, -0.15) is 0 Å². The monoisotopic (exact) mass is 483 g/mol. The van der Waals surface area contributed by atoms with Crippen molar-refractivity contribution < 1.29 is 14.3 Å². The van der Waals surface area contributed by atoms with Gasteiger partial charge < -0.3 is 21.2 Å². The summed E-state index contributed by atoms with van der Waals surface area (Å²) < 4.78 is 0.622. The number of hydrogen-bond acceptors (Lipinski definition) is 4. The third kappa shape index (κ3) is 4.65. The molecule has 4 aromatic rings. The summed E-state index contributed by atoms with van der Waals surface area (Å²) in [7, 11) is 3.36. The van der Waals surface area contributed by atoms with E-state index in [0.29, 0.717) is 27.2 Å². The molecule has 4 rings (SSSR count). The zero-order valence-corrected chi connectivity index (χ0v) is 20.9. The maximum absolute atomic E-state index is 13.4. The van der Waals surface area contributed by atoms with Crippen LogP contribution in [-0.2, 0) is 0 Å². The molecule has 4 N–H and O–H groups in total. The molecule has 0 bridgehead atoms. The van der Waals surface area contributed by atoms with Crippen molar-refractivity contribution in [2.45, 2.75) is 20.8 Å². The number of carbonyl (C=O) groups excluding carboxylic acids is 2. The fraction of sp³-hybridized carbons (Fsp3) is 0.179. The first-order valence-electron chi connectivity index (χ1n) is 11.6. The zero-order valence-electron chi connectivity index (χ0n) is 20.9. The van der Waals surface area contributed by atoms with Crippen molar-refractivity contribution in [3.05, 3.63) is 93.9 Å². The Morgan fingerprint density at radius 1 is 0.833 bits per heavy atom. The average molecular weight is 484 g/mol. The molecule has 0 saturated carbocycles. The molecule has 3 aromatic carbocycles. The van der Waals surface area contributed by atoms with Crippen LogP contribution in [0.25, 0.3) is 22.5 Å². The fourth-order valence-corrected chi connectivity index (χ4v) is 4.40. The molecule has 0 aliphatic heterocycles. The third-order valence-electron chi connectivity index (χ3n) is 6.16. The molecule has 0 atom stereocenters. The predicted octanol–water partition coefficient (Wildman–Crippen LogP) is 4.56. The summed E-state index contributed by atoms with van der Waals surface area (Å²) in [4.78, 5) is 28.1. The van der Waals surface area contributed by atoms with Gasteiger partial charge in [-0.05, 0) is 72.5 Å². The van der Waals surface area contributed by atoms with Gasteiger partial charge in [0.25, 0.3) is 17.6 Å². The smallest absolute Gasteiger partial charge is 0.300 e. The van der Waals surface area contributed by atoms with Crippen LogP contribution in [0.5, 0.6) is 0 Å². The minimum absolute atomic E-state index is 0.0428. The maximum atomic E-state index is 13.4. The largest absolute Gasteiger partial charge is 0.710 e. The topological polar surface area (TPSA) is 113 Å². The van der Waals surface area contributed by atoms with E-state index in [1.165, 1.54) is 7.05 Å². The van der Waals surface area contributed by atoms with E-state index >= 15 is 0 Å². The molecule has 0 fully saturated rings. The van der Waals surface area contributed by atoms with Crippen LogP contribution in [-0.4, -0.2) is 30.9 Å². The predicted molar refractivity (Wildman–Crippen MR) is 142 cm³/mol. The minimum Gasteiger partial charge on any atom is -0.710 e. The van der Waals surface area contributed by atoms with Crippen LogP contribution in [0.2, 0.25) is 0 Å². The van der Waals surface area contributed by atoms with E-state index in [2.05, 4.69) is 46.9 Å². The van der Waals surface area contributed by atoms with Gasteiger partial charge in [0.15, 0.2) is 5.69 Å². The van der Waals surface area contributed by atoms with Gasteiger partial charge in [-0.1, -0.05) is 24.3 Å². The van der Waals surface area contributed by atoms with E-state index in [0.717, 1.165) is 27.9 Å². The van der Waals surface area contributed by atoms with E-state index in [-0.39, 0.29) is 17.4 Å². The van der Waals surface area contributed by atoms with Crippen molar-refractivity contribution in [3.8, 4) is 22.5 Å². The highest BCUT2D eigenvalue weighted by atomic mass is 16.5. The molecule has 0 spiro atoms. The van der Waals surface area contributed by atoms with E-state index in [4.69, 9.17) is 0 Å². The Labute approximate surface area is 210 Å². The van der Waals surface area contributed by atoms with Crippen LogP contribution in [0.3, 0.4) is 0 Å². The van der Waals surface area contributed by atoms with Gasteiger partial charge in [0.05, 0.1) is 5.56 Å². The highest BCUT2D eigenvalue weighted by Gasteiger charge is 2.26. The van der Waals surface area contributed by atoms with E-state index in [1.54, 1.807) is 31.2 Å². The number of imidazole rings is 1. The maximum Gasteiger partial charge on any atom is 0.300 e. The lowest BCUT2D eigenvalue weighted by Gasteiger charge is -2.14. The van der Waals surface area contributed by atoms with Gasteiger partial charge in [0.2, 0.25) is 5.69 Å². The number of nitrogens with one attached hydrogen (secondary N) is 4. The number of anilines is 2.